The van der Waals surface area contributed by atoms with Gasteiger partial charge in [-0.25, -0.2) is 0 Å². The average Bonchev–Trinajstić information content (AvgIpc) is 2.94. The Balaban J connectivity index is 1.82. The second-order valence-electron chi connectivity index (χ2n) is 5.46. The molecule has 2 heteroatoms. The zero-order chi connectivity index (χ0) is 12.3. The molecule has 0 radical (unpaired) electrons. The van der Waals surface area contributed by atoms with E-state index in [0.717, 1.165) is 18.3 Å². The van der Waals surface area contributed by atoms with Crippen molar-refractivity contribution in [3.8, 4) is 0 Å². The Bertz CT molecular complexity index is 344. The summed E-state index contributed by atoms with van der Waals surface area (Å²) in [6.07, 6.45) is 5.45. The number of hydrogen-bond acceptors (Lipinski definition) is 2. The summed E-state index contributed by atoms with van der Waals surface area (Å²) in [6, 6.07) is 5.09. The minimum Gasteiger partial charge on any atom is -0.309 e. The Morgan fingerprint density at radius 2 is 2.24 bits per heavy atom. The fourth-order valence-electron chi connectivity index (χ4n) is 2.77. The molecule has 3 unspecified atom stereocenters. The van der Waals surface area contributed by atoms with E-state index < -0.39 is 0 Å². The van der Waals surface area contributed by atoms with Crippen molar-refractivity contribution in [2.45, 2.75) is 52.5 Å². The monoisotopic (exact) mass is 251 g/mol. The molecule has 1 N–H and O–H groups in total. The van der Waals surface area contributed by atoms with Crippen LogP contribution in [-0.2, 0) is 6.42 Å². The van der Waals surface area contributed by atoms with Crippen molar-refractivity contribution in [1.82, 2.24) is 5.32 Å². The fraction of sp³-hybridized carbons (Fsp3) is 0.733. The predicted molar refractivity (Wildman–Crippen MR) is 76.6 cm³/mol. The number of aryl methyl sites for hydroxylation is 1. The van der Waals surface area contributed by atoms with E-state index in [1.165, 1.54) is 35.6 Å². The van der Waals surface area contributed by atoms with E-state index in [-0.39, 0.29) is 0 Å². The molecule has 1 aliphatic rings. The maximum Gasteiger partial charge on any atom is 0.0386 e. The van der Waals surface area contributed by atoms with Gasteiger partial charge in [-0.2, -0.15) is 0 Å². The molecular weight excluding hydrogens is 226 g/mol. The molecule has 0 spiro atoms. The lowest BCUT2D eigenvalue weighted by Crippen LogP contribution is -2.26. The second-order valence-corrected chi connectivity index (χ2v) is 6.66. The Hall–Kier alpha value is -0.340. The quantitative estimate of drug-likeness (QED) is 0.818. The summed E-state index contributed by atoms with van der Waals surface area (Å²) in [7, 11) is 0. The Kier molecular flexibility index (Phi) is 4.63. The van der Waals surface area contributed by atoms with Crippen LogP contribution in [0.1, 0.15) is 55.8 Å². The number of hydrogen-bond donors (Lipinski definition) is 1. The molecule has 0 bridgehead atoms. The largest absolute Gasteiger partial charge is 0.309 e. The standard InChI is InChI=1S/C15H25NS/c1-4-14-8-9-15(17-14)12(3)16-10-13-7-5-6-11(13)2/h8-9,11-13,16H,4-7,10H2,1-3H3. The van der Waals surface area contributed by atoms with Crippen LogP contribution in [-0.4, -0.2) is 6.54 Å². The van der Waals surface area contributed by atoms with Crippen LogP contribution in [0.15, 0.2) is 12.1 Å². The molecule has 0 amide bonds. The summed E-state index contributed by atoms with van der Waals surface area (Å²) in [5.41, 5.74) is 0. The lowest BCUT2D eigenvalue weighted by molar-refractivity contribution is 0.376. The molecule has 96 valence electrons. The van der Waals surface area contributed by atoms with Crippen LogP contribution in [0.5, 0.6) is 0 Å². The maximum atomic E-state index is 3.72. The van der Waals surface area contributed by atoms with Crippen LogP contribution < -0.4 is 5.32 Å². The van der Waals surface area contributed by atoms with Crippen molar-refractivity contribution in [2.24, 2.45) is 11.8 Å². The van der Waals surface area contributed by atoms with E-state index in [2.05, 4.69) is 38.2 Å². The molecule has 0 aliphatic heterocycles. The topological polar surface area (TPSA) is 12.0 Å². The van der Waals surface area contributed by atoms with Crippen molar-refractivity contribution >= 4 is 11.3 Å². The van der Waals surface area contributed by atoms with E-state index in [4.69, 9.17) is 0 Å². The van der Waals surface area contributed by atoms with E-state index in [0.29, 0.717) is 6.04 Å². The first-order valence-corrected chi connectivity index (χ1v) is 7.84. The molecule has 0 saturated heterocycles. The van der Waals surface area contributed by atoms with Crippen molar-refractivity contribution in [3.63, 3.8) is 0 Å². The van der Waals surface area contributed by atoms with Gasteiger partial charge in [-0.15, -0.1) is 11.3 Å². The smallest absolute Gasteiger partial charge is 0.0386 e. The first-order valence-electron chi connectivity index (χ1n) is 7.02. The molecule has 1 fully saturated rings. The van der Waals surface area contributed by atoms with Crippen molar-refractivity contribution in [1.29, 1.82) is 0 Å². The lowest BCUT2D eigenvalue weighted by atomic mass is 9.98. The number of rotatable bonds is 5. The molecule has 1 aromatic rings. The summed E-state index contributed by atoms with van der Waals surface area (Å²) >= 11 is 1.96. The highest BCUT2D eigenvalue weighted by Crippen LogP contribution is 2.31. The van der Waals surface area contributed by atoms with Crippen LogP contribution in [0.2, 0.25) is 0 Å². The second kappa shape index (κ2) is 6.01. The van der Waals surface area contributed by atoms with Gasteiger partial charge in [0.05, 0.1) is 0 Å². The molecular formula is C15H25NS. The predicted octanol–water partition coefficient (Wildman–Crippen LogP) is 4.40. The van der Waals surface area contributed by atoms with Gasteiger partial charge in [-0.1, -0.05) is 26.7 Å². The average molecular weight is 251 g/mol. The van der Waals surface area contributed by atoms with E-state index in [1.54, 1.807) is 0 Å². The molecule has 17 heavy (non-hydrogen) atoms. The third-order valence-corrected chi connectivity index (χ3v) is 5.60. The zero-order valence-corrected chi connectivity index (χ0v) is 12.1. The lowest BCUT2D eigenvalue weighted by Gasteiger charge is -2.19. The molecule has 0 aromatic carbocycles. The van der Waals surface area contributed by atoms with Gasteiger partial charge in [0.2, 0.25) is 0 Å². The highest BCUT2D eigenvalue weighted by Gasteiger charge is 2.23. The zero-order valence-electron chi connectivity index (χ0n) is 11.3. The molecule has 1 aliphatic carbocycles. The van der Waals surface area contributed by atoms with Crippen molar-refractivity contribution < 1.29 is 0 Å². The van der Waals surface area contributed by atoms with Crippen LogP contribution in [0.3, 0.4) is 0 Å². The van der Waals surface area contributed by atoms with Gasteiger partial charge in [-0.05, 0) is 50.3 Å². The third-order valence-electron chi connectivity index (χ3n) is 4.18. The minimum atomic E-state index is 0.521. The summed E-state index contributed by atoms with van der Waals surface area (Å²) in [4.78, 5) is 3.00. The Labute approximate surface area is 110 Å². The number of thiophene rings is 1. The Morgan fingerprint density at radius 3 is 2.82 bits per heavy atom. The van der Waals surface area contributed by atoms with E-state index in [1.807, 2.05) is 11.3 Å². The van der Waals surface area contributed by atoms with Gasteiger partial charge in [0, 0.05) is 15.8 Å². The van der Waals surface area contributed by atoms with Crippen molar-refractivity contribution in [3.05, 3.63) is 21.9 Å². The van der Waals surface area contributed by atoms with Gasteiger partial charge in [0.25, 0.3) is 0 Å². The van der Waals surface area contributed by atoms with E-state index >= 15 is 0 Å². The summed E-state index contributed by atoms with van der Waals surface area (Å²) < 4.78 is 0. The van der Waals surface area contributed by atoms with Crippen molar-refractivity contribution in [2.75, 3.05) is 6.54 Å². The normalized spacial score (nSPS) is 26.3. The van der Waals surface area contributed by atoms with Gasteiger partial charge < -0.3 is 5.32 Å². The summed E-state index contributed by atoms with van der Waals surface area (Å²) in [5, 5.41) is 3.72. The van der Waals surface area contributed by atoms with E-state index in [9.17, 15) is 0 Å². The fourth-order valence-corrected chi connectivity index (χ4v) is 3.75. The van der Waals surface area contributed by atoms with Crippen LogP contribution in [0.25, 0.3) is 0 Å². The summed E-state index contributed by atoms with van der Waals surface area (Å²) in [5.74, 6) is 1.83. The van der Waals surface area contributed by atoms with Crippen LogP contribution in [0.4, 0.5) is 0 Å². The minimum absolute atomic E-state index is 0.521. The van der Waals surface area contributed by atoms with Gasteiger partial charge in [-0.3, -0.25) is 0 Å². The highest BCUT2D eigenvalue weighted by molar-refractivity contribution is 7.12. The highest BCUT2D eigenvalue weighted by atomic mass is 32.1. The summed E-state index contributed by atoms with van der Waals surface area (Å²) in [6.45, 7) is 8.13. The van der Waals surface area contributed by atoms with Gasteiger partial charge >= 0.3 is 0 Å². The number of nitrogens with one attached hydrogen (secondary N) is 1. The van der Waals surface area contributed by atoms with Crippen LogP contribution >= 0.6 is 11.3 Å². The SMILES string of the molecule is CCc1ccc(C(C)NCC2CCCC2C)s1. The molecule has 1 aromatic heterocycles. The van der Waals surface area contributed by atoms with Gasteiger partial charge in [0.15, 0.2) is 0 Å². The molecule has 1 nitrogen and oxygen atoms in total. The molecule has 1 heterocycles. The van der Waals surface area contributed by atoms with Crippen LogP contribution in [0, 0.1) is 11.8 Å². The third kappa shape index (κ3) is 3.32. The Morgan fingerprint density at radius 1 is 1.41 bits per heavy atom. The maximum absolute atomic E-state index is 3.72. The molecule has 2 rings (SSSR count). The first kappa shape index (κ1) is 13.1. The molecule has 1 saturated carbocycles. The first-order chi connectivity index (χ1) is 8.20. The molecule has 3 atom stereocenters. The van der Waals surface area contributed by atoms with Gasteiger partial charge in [0.1, 0.15) is 0 Å².